The Morgan fingerprint density at radius 1 is 1.17 bits per heavy atom. The SMILES string of the molecule is CCN1CCCC1CNCc1cc(OC)c(OCc2ccc(Cl)c(Cl)c2)cc1Br. The van der Waals surface area contributed by atoms with Crippen LogP contribution in [0.25, 0.3) is 0 Å². The highest BCUT2D eigenvalue weighted by molar-refractivity contribution is 9.10. The number of ether oxygens (including phenoxy) is 2. The molecular formula is C22H27BrCl2N2O2. The van der Waals surface area contributed by atoms with Gasteiger partial charge in [0.1, 0.15) is 6.61 Å². The molecule has 1 heterocycles. The number of hydrogen-bond donors (Lipinski definition) is 1. The third kappa shape index (κ3) is 6.02. The molecule has 0 radical (unpaired) electrons. The monoisotopic (exact) mass is 500 g/mol. The van der Waals surface area contributed by atoms with Gasteiger partial charge in [0, 0.05) is 23.6 Å². The maximum atomic E-state index is 6.08. The molecule has 7 heteroatoms. The van der Waals surface area contributed by atoms with E-state index in [0.29, 0.717) is 34.2 Å². The molecule has 4 nitrogen and oxygen atoms in total. The number of nitrogens with zero attached hydrogens (tertiary/aromatic N) is 1. The summed E-state index contributed by atoms with van der Waals surface area (Å²) in [5.74, 6) is 1.39. The summed E-state index contributed by atoms with van der Waals surface area (Å²) in [5, 5.41) is 4.65. The van der Waals surface area contributed by atoms with Crippen LogP contribution in [0.15, 0.2) is 34.8 Å². The van der Waals surface area contributed by atoms with Gasteiger partial charge in [-0.1, -0.05) is 52.1 Å². The van der Waals surface area contributed by atoms with Crippen LogP contribution in [0.1, 0.15) is 30.9 Å². The number of hydrogen-bond acceptors (Lipinski definition) is 4. The summed E-state index contributed by atoms with van der Waals surface area (Å²) in [5.41, 5.74) is 2.09. The maximum absolute atomic E-state index is 6.08. The quantitative estimate of drug-likeness (QED) is 0.462. The third-order valence-electron chi connectivity index (χ3n) is 5.31. The largest absolute Gasteiger partial charge is 0.493 e. The molecule has 2 aromatic carbocycles. The summed E-state index contributed by atoms with van der Waals surface area (Å²) in [4.78, 5) is 2.54. The third-order valence-corrected chi connectivity index (χ3v) is 6.79. The van der Waals surface area contributed by atoms with Crippen molar-refractivity contribution in [2.24, 2.45) is 0 Å². The standard InChI is InChI=1S/C22H27BrCl2N2O2/c1-3-27-8-4-5-17(27)13-26-12-16-10-21(28-2)22(11-18(16)23)29-14-15-6-7-19(24)20(25)9-15/h6-7,9-11,17,26H,3-5,8,12-14H2,1-2H3. The molecule has 1 N–H and O–H groups in total. The van der Waals surface area contributed by atoms with Crippen LogP contribution in [-0.2, 0) is 13.2 Å². The molecule has 1 unspecified atom stereocenters. The molecule has 0 amide bonds. The van der Waals surface area contributed by atoms with Crippen molar-refractivity contribution < 1.29 is 9.47 Å². The predicted octanol–water partition coefficient (Wildman–Crippen LogP) is 5.92. The van der Waals surface area contributed by atoms with Gasteiger partial charge in [-0.2, -0.15) is 0 Å². The fourth-order valence-electron chi connectivity index (χ4n) is 3.69. The molecule has 0 bridgehead atoms. The van der Waals surface area contributed by atoms with Crippen LogP contribution in [0.3, 0.4) is 0 Å². The number of halogens is 3. The summed E-state index contributed by atoms with van der Waals surface area (Å²) >= 11 is 15.7. The van der Waals surface area contributed by atoms with Crippen molar-refractivity contribution in [2.45, 2.75) is 39.0 Å². The minimum absolute atomic E-state index is 0.381. The fourth-order valence-corrected chi connectivity index (χ4v) is 4.47. The normalized spacial score (nSPS) is 16.9. The van der Waals surface area contributed by atoms with Crippen molar-refractivity contribution in [3.8, 4) is 11.5 Å². The van der Waals surface area contributed by atoms with Crippen molar-refractivity contribution in [3.63, 3.8) is 0 Å². The number of likely N-dealkylation sites (tertiary alicyclic amines) is 1. The maximum Gasteiger partial charge on any atom is 0.162 e. The lowest BCUT2D eigenvalue weighted by atomic mass is 10.1. The fraction of sp³-hybridized carbons (Fsp3) is 0.455. The van der Waals surface area contributed by atoms with E-state index in [1.54, 1.807) is 13.2 Å². The number of nitrogens with one attached hydrogen (secondary N) is 1. The number of methoxy groups -OCH3 is 1. The van der Waals surface area contributed by atoms with Crippen LogP contribution in [0.4, 0.5) is 0 Å². The molecule has 2 aromatic rings. The van der Waals surface area contributed by atoms with Gasteiger partial charge in [-0.15, -0.1) is 0 Å². The number of rotatable bonds is 9. The van der Waals surface area contributed by atoms with Gasteiger partial charge in [0.25, 0.3) is 0 Å². The van der Waals surface area contributed by atoms with Crippen LogP contribution in [0, 0.1) is 0 Å². The van der Waals surface area contributed by atoms with E-state index < -0.39 is 0 Å². The molecule has 1 aliphatic heterocycles. The van der Waals surface area contributed by atoms with Crippen molar-refractivity contribution in [2.75, 3.05) is 26.7 Å². The van der Waals surface area contributed by atoms with E-state index in [0.717, 1.165) is 35.2 Å². The average molecular weight is 502 g/mol. The molecule has 1 aliphatic rings. The zero-order valence-corrected chi connectivity index (χ0v) is 19.9. The zero-order valence-electron chi connectivity index (χ0n) is 16.8. The molecule has 29 heavy (non-hydrogen) atoms. The molecule has 3 rings (SSSR count). The lowest BCUT2D eigenvalue weighted by Crippen LogP contribution is -2.37. The van der Waals surface area contributed by atoms with E-state index in [2.05, 4.69) is 33.1 Å². The average Bonchev–Trinajstić information content (AvgIpc) is 3.17. The summed E-state index contributed by atoms with van der Waals surface area (Å²) < 4.78 is 12.5. The van der Waals surface area contributed by atoms with Crippen LogP contribution in [-0.4, -0.2) is 37.7 Å². The zero-order chi connectivity index (χ0) is 20.8. The Bertz CT molecular complexity index is 835. The first-order chi connectivity index (χ1) is 14.0. The van der Waals surface area contributed by atoms with Gasteiger partial charge in [0.2, 0.25) is 0 Å². The Morgan fingerprint density at radius 3 is 2.72 bits per heavy atom. The highest BCUT2D eigenvalue weighted by Crippen LogP contribution is 2.34. The molecule has 0 aliphatic carbocycles. The molecule has 1 saturated heterocycles. The first-order valence-electron chi connectivity index (χ1n) is 9.89. The molecule has 0 aromatic heterocycles. The number of benzene rings is 2. The molecular weight excluding hydrogens is 475 g/mol. The van der Waals surface area contributed by atoms with Gasteiger partial charge < -0.3 is 14.8 Å². The van der Waals surface area contributed by atoms with E-state index in [9.17, 15) is 0 Å². The van der Waals surface area contributed by atoms with E-state index in [4.69, 9.17) is 32.7 Å². The van der Waals surface area contributed by atoms with Gasteiger partial charge in [-0.05, 0) is 61.3 Å². The summed E-state index contributed by atoms with van der Waals surface area (Å²) in [6.07, 6.45) is 2.56. The molecule has 158 valence electrons. The summed E-state index contributed by atoms with van der Waals surface area (Å²) in [6, 6.07) is 10.1. The van der Waals surface area contributed by atoms with E-state index in [1.807, 2.05) is 24.3 Å². The Balaban J connectivity index is 1.61. The van der Waals surface area contributed by atoms with Crippen LogP contribution in [0.5, 0.6) is 11.5 Å². The van der Waals surface area contributed by atoms with Crippen molar-refractivity contribution in [3.05, 3.63) is 56.0 Å². The number of likely N-dealkylation sites (N-methyl/N-ethyl adjacent to an activating group) is 1. The van der Waals surface area contributed by atoms with E-state index in [1.165, 1.54) is 19.4 Å². The van der Waals surface area contributed by atoms with Gasteiger partial charge >= 0.3 is 0 Å². The second-order valence-electron chi connectivity index (χ2n) is 7.19. The Morgan fingerprint density at radius 2 is 2.00 bits per heavy atom. The van der Waals surface area contributed by atoms with Crippen LogP contribution in [0.2, 0.25) is 10.0 Å². The van der Waals surface area contributed by atoms with E-state index >= 15 is 0 Å². The van der Waals surface area contributed by atoms with Gasteiger partial charge in [0.05, 0.1) is 17.2 Å². The topological polar surface area (TPSA) is 33.7 Å². The second kappa shape index (κ2) is 10.9. The predicted molar refractivity (Wildman–Crippen MR) is 123 cm³/mol. The summed E-state index contributed by atoms with van der Waals surface area (Å²) in [7, 11) is 1.66. The van der Waals surface area contributed by atoms with Gasteiger partial charge in [-0.25, -0.2) is 0 Å². The molecule has 0 spiro atoms. The highest BCUT2D eigenvalue weighted by atomic mass is 79.9. The van der Waals surface area contributed by atoms with Crippen LogP contribution < -0.4 is 14.8 Å². The Hall–Kier alpha value is -0.980. The lowest BCUT2D eigenvalue weighted by molar-refractivity contribution is 0.259. The van der Waals surface area contributed by atoms with Crippen molar-refractivity contribution in [1.82, 2.24) is 10.2 Å². The molecule has 0 saturated carbocycles. The lowest BCUT2D eigenvalue weighted by Gasteiger charge is -2.23. The first-order valence-corrected chi connectivity index (χ1v) is 11.4. The Kier molecular flexibility index (Phi) is 8.51. The van der Waals surface area contributed by atoms with Crippen molar-refractivity contribution in [1.29, 1.82) is 0 Å². The highest BCUT2D eigenvalue weighted by Gasteiger charge is 2.22. The van der Waals surface area contributed by atoms with E-state index in [-0.39, 0.29) is 0 Å². The minimum Gasteiger partial charge on any atom is -0.493 e. The Labute approximate surface area is 191 Å². The first kappa shape index (κ1) is 22.7. The second-order valence-corrected chi connectivity index (χ2v) is 8.86. The molecule has 1 atom stereocenters. The van der Waals surface area contributed by atoms with Crippen LogP contribution >= 0.6 is 39.1 Å². The van der Waals surface area contributed by atoms with Gasteiger partial charge in [-0.3, -0.25) is 4.90 Å². The van der Waals surface area contributed by atoms with Gasteiger partial charge in [0.15, 0.2) is 11.5 Å². The minimum atomic E-state index is 0.381. The smallest absolute Gasteiger partial charge is 0.162 e. The molecule has 1 fully saturated rings. The van der Waals surface area contributed by atoms with Crippen molar-refractivity contribution >= 4 is 39.1 Å². The summed E-state index contributed by atoms with van der Waals surface area (Å²) in [6.45, 7) is 6.72.